The highest BCUT2D eigenvalue weighted by molar-refractivity contribution is 7.89. The first-order valence-corrected chi connectivity index (χ1v) is 10.8. The first-order valence-electron chi connectivity index (χ1n) is 9.02. The second kappa shape index (κ2) is 7.54. The number of rotatable bonds is 4. The summed E-state index contributed by atoms with van der Waals surface area (Å²) >= 11 is 5.86. The molecule has 1 aliphatic rings. The van der Waals surface area contributed by atoms with Crippen LogP contribution in [0.2, 0.25) is 5.02 Å². The molecule has 1 N–H and O–H groups in total. The maximum Gasteiger partial charge on any atom is 0.243 e. The zero-order valence-corrected chi connectivity index (χ0v) is 16.6. The summed E-state index contributed by atoms with van der Waals surface area (Å²) in [5, 5.41) is 5.42. The number of sulfonamides is 1. The normalized spacial score (nSPS) is 17.7. The fourth-order valence-electron chi connectivity index (χ4n) is 3.52. The molecular formula is C21H19ClN2O3S. The van der Waals surface area contributed by atoms with Gasteiger partial charge in [0.25, 0.3) is 0 Å². The van der Waals surface area contributed by atoms with Crippen LogP contribution in [0.3, 0.4) is 0 Å². The summed E-state index contributed by atoms with van der Waals surface area (Å²) in [5.74, 6) is -0.315. The summed E-state index contributed by atoms with van der Waals surface area (Å²) in [6.07, 6.45) is 1.13. The Balaban J connectivity index is 1.56. The number of nitrogens with one attached hydrogen (secondary N) is 1. The van der Waals surface area contributed by atoms with E-state index >= 15 is 0 Å². The van der Waals surface area contributed by atoms with Crippen LogP contribution >= 0.6 is 11.6 Å². The van der Waals surface area contributed by atoms with Crippen molar-refractivity contribution in [1.29, 1.82) is 0 Å². The highest BCUT2D eigenvalue weighted by Crippen LogP contribution is 2.28. The minimum Gasteiger partial charge on any atom is -0.325 e. The molecule has 144 valence electrons. The lowest BCUT2D eigenvalue weighted by atomic mass is 10.1. The number of halogens is 1. The van der Waals surface area contributed by atoms with E-state index in [9.17, 15) is 13.2 Å². The number of hydrogen-bond acceptors (Lipinski definition) is 3. The van der Waals surface area contributed by atoms with Crippen molar-refractivity contribution in [1.82, 2.24) is 4.31 Å². The van der Waals surface area contributed by atoms with Crippen molar-refractivity contribution >= 4 is 44.0 Å². The van der Waals surface area contributed by atoms with Gasteiger partial charge in [-0.05, 0) is 60.0 Å². The van der Waals surface area contributed by atoms with Crippen LogP contribution in [-0.4, -0.2) is 31.2 Å². The third-order valence-corrected chi connectivity index (χ3v) is 7.12. The molecule has 1 saturated heterocycles. The van der Waals surface area contributed by atoms with E-state index in [-0.39, 0.29) is 10.8 Å². The van der Waals surface area contributed by atoms with E-state index in [0.29, 0.717) is 30.1 Å². The van der Waals surface area contributed by atoms with Gasteiger partial charge in [-0.1, -0.05) is 41.9 Å². The van der Waals surface area contributed by atoms with Gasteiger partial charge >= 0.3 is 0 Å². The molecule has 4 rings (SSSR count). The number of benzene rings is 3. The lowest BCUT2D eigenvalue weighted by Gasteiger charge is -2.23. The Morgan fingerprint density at radius 2 is 1.71 bits per heavy atom. The lowest BCUT2D eigenvalue weighted by Crippen LogP contribution is -2.43. The summed E-state index contributed by atoms with van der Waals surface area (Å²) in [6, 6.07) is 18.8. The van der Waals surface area contributed by atoms with Gasteiger partial charge in [-0.3, -0.25) is 4.79 Å². The molecule has 1 fully saturated rings. The lowest BCUT2D eigenvalue weighted by molar-refractivity contribution is -0.119. The summed E-state index contributed by atoms with van der Waals surface area (Å²) in [4.78, 5) is 13.0. The zero-order chi connectivity index (χ0) is 19.7. The molecule has 7 heteroatoms. The molecule has 0 radical (unpaired) electrons. The van der Waals surface area contributed by atoms with E-state index in [1.54, 1.807) is 0 Å². The molecule has 0 aromatic heterocycles. The Hall–Kier alpha value is -2.41. The molecule has 3 aromatic rings. The van der Waals surface area contributed by atoms with Crippen molar-refractivity contribution in [2.45, 2.75) is 23.8 Å². The van der Waals surface area contributed by atoms with Gasteiger partial charge in [0, 0.05) is 17.3 Å². The van der Waals surface area contributed by atoms with Crippen LogP contribution in [0.15, 0.2) is 71.6 Å². The second-order valence-electron chi connectivity index (χ2n) is 6.78. The van der Waals surface area contributed by atoms with E-state index in [1.807, 2.05) is 42.5 Å². The minimum absolute atomic E-state index is 0.141. The Bertz CT molecular complexity index is 1130. The fourth-order valence-corrected chi connectivity index (χ4v) is 5.31. The van der Waals surface area contributed by atoms with Crippen LogP contribution in [0, 0.1) is 0 Å². The van der Waals surface area contributed by atoms with Crippen LogP contribution in [0.25, 0.3) is 10.8 Å². The molecule has 1 amide bonds. The monoisotopic (exact) mass is 414 g/mol. The van der Waals surface area contributed by atoms with Gasteiger partial charge in [0.15, 0.2) is 0 Å². The van der Waals surface area contributed by atoms with Gasteiger partial charge < -0.3 is 5.32 Å². The van der Waals surface area contributed by atoms with Crippen LogP contribution in [0.5, 0.6) is 0 Å². The maximum atomic E-state index is 13.0. The smallest absolute Gasteiger partial charge is 0.243 e. The number of carbonyl (C=O) groups is 1. The van der Waals surface area contributed by atoms with Crippen molar-refractivity contribution in [3.63, 3.8) is 0 Å². The molecule has 1 atom stereocenters. The largest absolute Gasteiger partial charge is 0.325 e. The molecule has 0 aliphatic carbocycles. The van der Waals surface area contributed by atoms with Gasteiger partial charge in [0.2, 0.25) is 15.9 Å². The summed E-state index contributed by atoms with van der Waals surface area (Å²) < 4.78 is 27.3. The van der Waals surface area contributed by atoms with Crippen molar-refractivity contribution in [2.24, 2.45) is 0 Å². The van der Waals surface area contributed by atoms with Crippen LogP contribution < -0.4 is 5.32 Å². The van der Waals surface area contributed by atoms with Gasteiger partial charge in [0.1, 0.15) is 6.04 Å². The molecule has 3 aromatic carbocycles. The van der Waals surface area contributed by atoms with Crippen molar-refractivity contribution < 1.29 is 13.2 Å². The second-order valence-corrected chi connectivity index (χ2v) is 9.11. The van der Waals surface area contributed by atoms with E-state index in [1.165, 1.54) is 28.6 Å². The van der Waals surface area contributed by atoms with Gasteiger partial charge in [-0.15, -0.1) is 0 Å². The molecule has 0 saturated carbocycles. The highest BCUT2D eigenvalue weighted by Gasteiger charge is 2.39. The number of anilines is 1. The highest BCUT2D eigenvalue weighted by atomic mass is 35.5. The molecule has 1 aliphatic heterocycles. The van der Waals surface area contributed by atoms with Crippen LogP contribution in [-0.2, 0) is 14.8 Å². The average molecular weight is 415 g/mol. The molecule has 1 heterocycles. The fraction of sp³-hybridized carbons (Fsp3) is 0.190. The SMILES string of the molecule is O=C(Nc1ccc2ccccc2c1)[C@H]1CCCN1S(=O)(=O)c1ccc(Cl)cc1. The van der Waals surface area contributed by atoms with Gasteiger partial charge in [-0.2, -0.15) is 4.31 Å². The number of carbonyl (C=O) groups excluding carboxylic acids is 1. The zero-order valence-electron chi connectivity index (χ0n) is 15.0. The number of hydrogen-bond donors (Lipinski definition) is 1. The van der Waals surface area contributed by atoms with Crippen molar-refractivity contribution in [2.75, 3.05) is 11.9 Å². The van der Waals surface area contributed by atoms with Gasteiger partial charge in [0.05, 0.1) is 4.90 Å². The summed E-state index contributed by atoms with van der Waals surface area (Å²) in [6.45, 7) is 0.320. The van der Waals surface area contributed by atoms with Crippen LogP contribution in [0.1, 0.15) is 12.8 Å². The summed E-state index contributed by atoms with van der Waals surface area (Å²) in [7, 11) is -3.76. The Kier molecular flexibility index (Phi) is 5.10. The number of fused-ring (bicyclic) bond motifs is 1. The van der Waals surface area contributed by atoms with Gasteiger partial charge in [-0.25, -0.2) is 8.42 Å². The molecule has 5 nitrogen and oxygen atoms in total. The number of nitrogens with zero attached hydrogens (tertiary/aromatic N) is 1. The summed E-state index contributed by atoms with van der Waals surface area (Å²) in [5.41, 5.74) is 0.652. The standard InChI is InChI=1S/C21H19ClN2O3S/c22-17-8-11-19(12-9-17)28(26,27)24-13-3-6-20(24)21(25)23-18-10-7-15-4-1-2-5-16(15)14-18/h1-2,4-5,7-12,14,20H,3,6,13H2,(H,23,25)/t20-/m1/s1. The van der Waals surface area contributed by atoms with E-state index < -0.39 is 16.1 Å². The molecule has 0 spiro atoms. The first-order chi connectivity index (χ1) is 13.4. The van der Waals surface area contributed by atoms with Crippen LogP contribution in [0.4, 0.5) is 5.69 Å². The Labute approximate surface area is 169 Å². The number of amides is 1. The van der Waals surface area contributed by atoms with Crippen molar-refractivity contribution in [3.8, 4) is 0 Å². The minimum atomic E-state index is -3.76. The topological polar surface area (TPSA) is 66.5 Å². The van der Waals surface area contributed by atoms with E-state index in [4.69, 9.17) is 11.6 Å². The van der Waals surface area contributed by atoms with E-state index in [0.717, 1.165) is 10.8 Å². The molecule has 0 unspecified atom stereocenters. The maximum absolute atomic E-state index is 13.0. The third-order valence-electron chi connectivity index (χ3n) is 4.94. The molecule has 0 bridgehead atoms. The Morgan fingerprint density at radius 1 is 1.00 bits per heavy atom. The average Bonchev–Trinajstić information content (AvgIpc) is 3.19. The molecular weight excluding hydrogens is 396 g/mol. The third kappa shape index (κ3) is 3.63. The molecule has 28 heavy (non-hydrogen) atoms. The predicted molar refractivity (Wildman–Crippen MR) is 111 cm³/mol. The quantitative estimate of drug-likeness (QED) is 0.692. The predicted octanol–water partition coefficient (Wildman–Crippen LogP) is 4.29. The Morgan fingerprint density at radius 3 is 2.46 bits per heavy atom. The van der Waals surface area contributed by atoms with E-state index in [2.05, 4.69) is 5.32 Å². The van der Waals surface area contributed by atoms with Crippen molar-refractivity contribution in [3.05, 3.63) is 71.8 Å². The first kappa shape index (κ1) is 18.9.